The van der Waals surface area contributed by atoms with E-state index in [1.807, 2.05) is 52.0 Å². The number of esters is 2. The molecule has 4 aromatic rings. The van der Waals surface area contributed by atoms with Gasteiger partial charge in [-0.1, -0.05) is 12.7 Å². The molecule has 9 nitrogen and oxygen atoms in total. The van der Waals surface area contributed by atoms with Crippen LogP contribution in [0.25, 0.3) is 30.4 Å². The van der Waals surface area contributed by atoms with Gasteiger partial charge in [-0.15, -0.1) is 0 Å². The Balaban J connectivity index is 1.89. The molecular weight excluding hydrogens is 554 g/mol. The SMILES string of the molecule is C=Cc1c2[nH]c(c1C)C=c1[nH]c(c(C)c1C#N)=Cc1[nH]c(c(CCC(=O)OC)c1C)C=c1[nH]c(c(C)c1CCC(=O)OC)=C2. The summed E-state index contributed by atoms with van der Waals surface area (Å²) in [5.74, 6) is -0.567. The van der Waals surface area contributed by atoms with Crippen molar-refractivity contribution in [3.63, 3.8) is 0 Å². The predicted octanol–water partition coefficient (Wildman–Crippen LogP) is 2.59. The lowest BCUT2D eigenvalue weighted by Crippen LogP contribution is -2.14. The lowest BCUT2D eigenvalue weighted by Gasteiger charge is -2.03. The van der Waals surface area contributed by atoms with Crippen LogP contribution in [0.5, 0.6) is 0 Å². The summed E-state index contributed by atoms with van der Waals surface area (Å²) in [6, 6.07) is 2.37. The highest BCUT2D eigenvalue weighted by Crippen LogP contribution is 2.23. The molecule has 0 saturated heterocycles. The van der Waals surface area contributed by atoms with Crippen LogP contribution in [-0.2, 0) is 31.9 Å². The minimum absolute atomic E-state index is 0.227. The predicted molar refractivity (Wildman–Crippen MR) is 170 cm³/mol. The number of carbonyl (C=O) groups is 2. The molecule has 0 fully saturated rings. The number of nitrogens with zero attached hydrogens (tertiary/aromatic N) is 1. The first-order valence-electron chi connectivity index (χ1n) is 14.5. The minimum Gasteiger partial charge on any atom is -0.469 e. The number of rotatable bonds is 7. The summed E-state index contributed by atoms with van der Waals surface area (Å²) in [6.45, 7) is 12.1. The number of fused-ring (bicyclic) bond motifs is 8. The number of hydrogen-bond acceptors (Lipinski definition) is 5. The van der Waals surface area contributed by atoms with E-state index in [0.717, 1.165) is 77.8 Å². The number of aromatic amines is 4. The van der Waals surface area contributed by atoms with Gasteiger partial charge in [-0.05, 0) is 98.2 Å². The Bertz CT molecular complexity index is 2110. The Morgan fingerprint density at radius 2 is 1.23 bits per heavy atom. The molecule has 1 aliphatic heterocycles. The lowest BCUT2D eigenvalue weighted by molar-refractivity contribution is -0.141. The fourth-order valence-corrected chi connectivity index (χ4v) is 5.98. The molecule has 4 aromatic heterocycles. The molecule has 9 heteroatoms. The number of nitrogens with one attached hydrogen (secondary N) is 4. The fraction of sp³-hybridized carbons (Fsp3) is 0.286. The van der Waals surface area contributed by atoms with E-state index in [0.29, 0.717) is 23.8 Å². The van der Waals surface area contributed by atoms with Gasteiger partial charge in [0.1, 0.15) is 6.07 Å². The maximum atomic E-state index is 12.2. The van der Waals surface area contributed by atoms with E-state index in [9.17, 15) is 14.9 Å². The van der Waals surface area contributed by atoms with E-state index in [4.69, 9.17) is 9.47 Å². The molecular formula is C35H37N5O4. The van der Waals surface area contributed by atoms with E-state index in [1.54, 1.807) is 0 Å². The van der Waals surface area contributed by atoms with Gasteiger partial charge in [-0.25, -0.2) is 0 Å². The molecule has 1 aliphatic rings. The first-order chi connectivity index (χ1) is 21.1. The summed E-state index contributed by atoms with van der Waals surface area (Å²) in [5.41, 5.74) is 10.8. The molecule has 0 amide bonds. The Kier molecular flexibility index (Phi) is 8.36. The van der Waals surface area contributed by atoms with Crippen LogP contribution in [0, 0.1) is 39.0 Å². The largest absolute Gasteiger partial charge is 0.469 e. The first kappa shape index (κ1) is 30.2. The standard InChI is InChI=1S/C35H37N5O4/c1-8-22-18(2)28-15-33-25(17-36)21(5)27(40-33)13-26-19(3)23(9-11-34(41)43-6)31(38-26)16-32-24(10-12-35(42)44-7)20(4)29(39-32)14-30(22)37-28/h8,13-16,37-40H,1,9-12H2,2-7H3. The van der Waals surface area contributed by atoms with Crippen molar-refractivity contribution in [3.8, 4) is 6.07 Å². The molecule has 0 aliphatic carbocycles. The van der Waals surface area contributed by atoms with Crippen LogP contribution in [0.1, 0.15) is 80.1 Å². The van der Waals surface area contributed by atoms with Gasteiger partial charge in [-0.3, -0.25) is 9.59 Å². The van der Waals surface area contributed by atoms with Gasteiger partial charge in [0.25, 0.3) is 0 Å². The number of nitriles is 1. The molecule has 5 heterocycles. The molecule has 0 unspecified atom stereocenters. The molecule has 8 bridgehead atoms. The van der Waals surface area contributed by atoms with Crippen molar-refractivity contribution in [2.45, 2.75) is 53.4 Å². The highest BCUT2D eigenvalue weighted by Gasteiger charge is 2.17. The second-order valence-corrected chi connectivity index (χ2v) is 11.1. The van der Waals surface area contributed by atoms with Crippen LogP contribution in [0.3, 0.4) is 0 Å². The first-order valence-corrected chi connectivity index (χ1v) is 14.5. The van der Waals surface area contributed by atoms with Crippen molar-refractivity contribution < 1.29 is 19.1 Å². The molecule has 0 atom stereocenters. The number of hydrogen-bond donors (Lipinski definition) is 4. The van der Waals surface area contributed by atoms with Gasteiger partial charge in [-0.2, -0.15) is 5.26 Å². The fourth-order valence-electron chi connectivity index (χ4n) is 5.98. The third-order valence-corrected chi connectivity index (χ3v) is 8.67. The van der Waals surface area contributed by atoms with E-state index < -0.39 is 0 Å². The van der Waals surface area contributed by atoms with E-state index in [2.05, 4.69) is 38.7 Å². The van der Waals surface area contributed by atoms with Gasteiger partial charge in [0.2, 0.25) is 0 Å². The van der Waals surface area contributed by atoms with Crippen LogP contribution in [0.4, 0.5) is 0 Å². The van der Waals surface area contributed by atoms with Crippen LogP contribution in [0.15, 0.2) is 6.58 Å². The number of H-pyrrole nitrogens is 4. The Hall–Kier alpha value is -5.23. The summed E-state index contributed by atoms with van der Waals surface area (Å²) < 4.78 is 9.87. The Morgan fingerprint density at radius 1 is 0.705 bits per heavy atom. The van der Waals surface area contributed by atoms with Gasteiger partial charge < -0.3 is 29.4 Å². The van der Waals surface area contributed by atoms with E-state index in [-0.39, 0.29) is 24.8 Å². The molecule has 4 N–H and O–H groups in total. The van der Waals surface area contributed by atoms with Gasteiger partial charge in [0.05, 0.1) is 25.1 Å². The number of methoxy groups -OCH3 is 2. The summed E-state index contributed by atoms with van der Waals surface area (Å²) in [4.78, 5) is 38.5. The van der Waals surface area contributed by atoms with Crippen molar-refractivity contribution in [2.24, 2.45) is 0 Å². The topological polar surface area (TPSA) is 140 Å². The monoisotopic (exact) mass is 591 g/mol. The average molecular weight is 592 g/mol. The zero-order valence-corrected chi connectivity index (χ0v) is 26.0. The third-order valence-electron chi connectivity index (χ3n) is 8.67. The summed E-state index contributed by atoms with van der Waals surface area (Å²) >= 11 is 0. The van der Waals surface area contributed by atoms with Crippen LogP contribution >= 0.6 is 0 Å². The smallest absolute Gasteiger partial charge is 0.305 e. The molecule has 0 radical (unpaired) electrons. The maximum absolute atomic E-state index is 12.2. The quantitative estimate of drug-likeness (QED) is 0.216. The minimum atomic E-state index is -0.288. The number of ether oxygens (including phenoxy) is 2. The van der Waals surface area contributed by atoms with Gasteiger partial charge >= 0.3 is 11.9 Å². The van der Waals surface area contributed by atoms with Crippen LogP contribution < -0.4 is 21.4 Å². The van der Waals surface area contributed by atoms with Crippen molar-refractivity contribution in [2.75, 3.05) is 14.2 Å². The molecule has 0 saturated carbocycles. The van der Waals surface area contributed by atoms with Crippen LogP contribution in [0.2, 0.25) is 0 Å². The third kappa shape index (κ3) is 5.47. The molecule has 44 heavy (non-hydrogen) atoms. The highest BCUT2D eigenvalue weighted by atomic mass is 16.5. The summed E-state index contributed by atoms with van der Waals surface area (Å²) in [7, 11) is 2.78. The normalized spacial score (nSPS) is 11.8. The van der Waals surface area contributed by atoms with Crippen molar-refractivity contribution >= 4 is 42.3 Å². The van der Waals surface area contributed by atoms with E-state index in [1.165, 1.54) is 14.2 Å². The molecule has 0 spiro atoms. The molecule has 226 valence electrons. The average Bonchev–Trinajstić information content (AvgIpc) is 3.67. The molecule has 5 rings (SSSR count). The van der Waals surface area contributed by atoms with E-state index >= 15 is 0 Å². The zero-order valence-electron chi connectivity index (χ0n) is 26.0. The van der Waals surface area contributed by atoms with Crippen LogP contribution in [-0.4, -0.2) is 46.1 Å². The maximum Gasteiger partial charge on any atom is 0.305 e. The second kappa shape index (κ2) is 12.2. The molecule has 0 aromatic carbocycles. The van der Waals surface area contributed by atoms with Crippen molar-refractivity contribution in [1.29, 1.82) is 5.26 Å². The Labute approximate surface area is 255 Å². The zero-order chi connectivity index (χ0) is 31.7. The number of carbonyl (C=O) groups excluding carboxylic acids is 2. The van der Waals surface area contributed by atoms with Crippen molar-refractivity contribution in [1.82, 2.24) is 19.9 Å². The Morgan fingerprint density at radius 3 is 1.86 bits per heavy atom. The van der Waals surface area contributed by atoms with Gasteiger partial charge in [0.15, 0.2) is 0 Å². The number of aromatic nitrogens is 4. The highest BCUT2D eigenvalue weighted by molar-refractivity contribution is 5.73. The lowest BCUT2D eigenvalue weighted by atomic mass is 10.0. The summed E-state index contributed by atoms with van der Waals surface area (Å²) in [6.07, 6.45) is 11.3. The van der Waals surface area contributed by atoms with Gasteiger partial charge in [0, 0.05) is 57.2 Å². The summed E-state index contributed by atoms with van der Waals surface area (Å²) in [5, 5.41) is 13.4. The van der Waals surface area contributed by atoms with Crippen molar-refractivity contribution in [3.05, 3.63) is 95.3 Å². The second-order valence-electron chi connectivity index (χ2n) is 11.1.